The number of ether oxygens (including phenoxy) is 1. The van der Waals surface area contributed by atoms with Crippen LogP contribution in [0.1, 0.15) is 21.7 Å². The Bertz CT molecular complexity index is 224. The normalized spacial score (nSPS) is 10.0. The van der Waals surface area contributed by atoms with Crippen molar-refractivity contribution in [2.75, 3.05) is 0 Å². The van der Waals surface area contributed by atoms with Gasteiger partial charge in [-0.25, -0.2) is 4.79 Å². The van der Waals surface area contributed by atoms with Crippen LogP contribution in [-0.2, 0) is 14.3 Å². The standard InChI is InChI=1S/C9H12O3.Na.H/c1-3-5-6-7-9(11)12-8(10)4-2;;/h3,5-7H,4H2,1-2H3;;/q;+1;-1/b5-3+,7-6+;;. The monoisotopic (exact) mass is 192 g/mol. The zero-order valence-electron chi connectivity index (χ0n) is 9.24. The van der Waals surface area contributed by atoms with Gasteiger partial charge in [0.25, 0.3) is 0 Å². The van der Waals surface area contributed by atoms with Crippen molar-refractivity contribution in [3.05, 3.63) is 24.3 Å². The van der Waals surface area contributed by atoms with E-state index in [9.17, 15) is 9.59 Å². The summed E-state index contributed by atoms with van der Waals surface area (Å²) in [6, 6.07) is 0. The van der Waals surface area contributed by atoms with Gasteiger partial charge in [-0.3, -0.25) is 4.79 Å². The third-order valence-electron chi connectivity index (χ3n) is 1.04. The maximum Gasteiger partial charge on any atom is 1.00 e. The van der Waals surface area contributed by atoms with Gasteiger partial charge in [-0.05, 0) is 6.92 Å². The average Bonchev–Trinajstić information content (AvgIpc) is 2.05. The first-order valence-corrected chi connectivity index (χ1v) is 3.74. The SMILES string of the molecule is C/C=C/C=C/C(=O)OC(=O)CC.[H-].[Na+]. The first kappa shape index (κ1) is 15.1. The van der Waals surface area contributed by atoms with Crippen LogP contribution in [0.2, 0.25) is 0 Å². The van der Waals surface area contributed by atoms with E-state index in [2.05, 4.69) is 4.74 Å². The second-order valence-electron chi connectivity index (χ2n) is 2.03. The molecular weight excluding hydrogens is 179 g/mol. The van der Waals surface area contributed by atoms with E-state index in [4.69, 9.17) is 0 Å². The Morgan fingerprint density at radius 2 is 2.00 bits per heavy atom. The van der Waals surface area contributed by atoms with E-state index in [0.29, 0.717) is 0 Å². The largest absolute Gasteiger partial charge is 1.00 e. The van der Waals surface area contributed by atoms with Gasteiger partial charge in [-0.1, -0.05) is 25.2 Å². The molecule has 0 unspecified atom stereocenters. The van der Waals surface area contributed by atoms with Crippen molar-refractivity contribution in [3.8, 4) is 0 Å². The van der Waals surface area contributed by atoms with Crippen LogP contribution < -0.4 is 29.6 Å². The van der Waals surface area contributed by atoms with Crippen LogP contribution in [-0.4, -0.2) is 11.9 Å². The molecule has 4 heteroatoms. The second-order valence-corrected chi connectivity index (χ2v) is 2.03. The van der Waals surface area contributed by atoms with Crippen molar-refractivity contribution >= 4 is 11.9 Å². The third-order valence-corrected chi connectivity index (χ3v) is 1.04. The first-order chi connectivity index (χ1) is 5.70. The first-order valence-electron chi connectivity index (χ1n) is 3.74. The van der Waals surface area contributed by atoms with E-state index in [-0.39, 0.29) is 37.4 Å². The summed E-state index contributed by atoms with van der Waals surface area (Å²) in [6.45, 7) is 3.46. The summed E-state index contributed by atoms with van der Waals surface area (Å²) >= 11 is 0. The molecule has 0 aliphatic rings. The summed E-state index contributed by atoms with van der Waals surface area (Å²) in [5, 5.41) is 0. The molecule has 0 rings (SSSR count). The topological polar surface area (TPSA) is 43.4 Å². The molecule has 0 aromatic carbocycles. The molecule has 0 aliphatic heterocycles. The van der Waals surface area contributed by atoms with E-state index in [1.165, 1.54) is 12.2 Å². The smallest absolute Gasteiger partial charge is 1.00 e. The molecule has 0 saturated carbocycles. The minimum absolute atomic E-state index is 0. The Kier molecular flexibility index (Phi) is 11.3. The van der Waals surface area contributed by atoms with Crippen LogP contribution in [0.25, 0.3) is 0 Å². The number of esters is 2. The maximum atomic E-state index is 10.7. The van der Waals surface area contributed by atoms with Gasteiger partial charge in [0.1, 0.15) is 0 Å². The average molecular weight is 192 g/mol. The van der Waals surface area contributed by atoms with Gasteiger partial charge in [0.2, 0.25) is 0 Å². The number of hydrogen-bond acceptors (Lipinski definition) is 3. The van der Waals surface area contributed by atoms with Crippen LogP contribution in [0.5, 0.6) is 0 Å². The summed E-state index contributed by atoms with van der Waals surface area (Å²) in [7, 11) is 0. The number of rotatable bonds is 3. The molecule has 0 bridgehead atoms. The van der Waals surface area contributed by atoms with Gasteiger partial charge in [0.15, 0.2) is 0 Å². The summed E-state index contributed by atoms with van der Waals surface area (Å²) < 4.78 is 4.35. The number of hydrogen-bond donors (Lipinski definition) is 0. The van der Waals surface area contributed by atoms with Crippen molar-refractivity contribution in [2.45, 2.75) is 20.3 Å². The Hall–Kier alpha value is -0.380. The Morgan fingerprint density at radius 1 is 1.38 bits per heavy atom. The molecule has 68 valence electrons. The molecule has 3 nitrogen and oxygen atoms in total. The number of allylic oxidation sites excluding steroid dienone is 3. The predicted molar refractivity (Wildman–Crippen MR) is 46.5 cm³/mol. The molecular formula is C9H13NaO3. The van der Waals surface area contributed by atoms with E-state index >= 15 is 0 Å². The fraction of sp³-hybridized carbons (Fsp3) is 0.333. The fourth-order valence-corrected chi connectivity index (χ4v) is 0.464. The predicted octanol–water partition coefficient (Wildman–Crippen LogP) is -1.28. The van der Waals surface area contributed by atoms with E-state index < -0.39 is 11.9 Å². The summed E-state index contributed by atoms with van der Waals surface area (Å²) in [5.41, 5.74) is 0. The van der Waals surface area contributed by atoms with Gasteiger partial charge in [0, 0.05) is 12.5 Å². The Labute approximate surface area is 102 Å². The molecule has 0 atom stereocenters. The molecule has 0 spiro atoms. The zero-order chi connectivity index (χ0) is 9.40. The summed E-state index contributed by atoms with van der Waals surface area (Å²) in [4.78, 5) is 21.3. The van der Waals surface area contributed by atoms with Crippen molar-refractivity contribution in [2.24, 2.45) is 0 Å². The third kappa shape index (κ3) is 9.53. The molecule has 13 heavy (non-hydrogen) atoms. The minimum Gasteiger partial charge on any atom is -1.00 e. The molecule has 0 aromatic rings. The van der Waals surface area contributed by atoms with Gasteiger partial charge >= 0.3 is 41.5 Å². The van der Waals surface area contributed by atoms with Crippen LogP contribution in [0.3, 0.4) is 0 Å². The summed E-state index contributed by atoms with van der Waals surface area (Å²) in [5.74, 6) is -1.13. The molecule has 0 heterocycles. The van der Waals surface area contributed by atoms with Gasteiger partial charge < -0.3 is 6.16 Å². The molecule has 0 radical (unpaired) electrons. The number of carbonyl (C=O) groups is 2. The molecule has 0 N–H and O–H groups in total. The van der Waals surface area contributed by atoms with Crippen molar-refractivity contribution in [3.63, 3.8) is 0 Å². The van der Waals surface area contributed by atoms with Crippen LogP contribution in [0.15, 0.2) is 24.3 Å². The van der Waals surface area contributed by atoms with Crippen molar-refractivity contribution < 1.29 is 45.3 Å². The van der Waals surface area contributed by atoms with Crippen LogP contribution in [0.4, 0.5) is 0 Å². The van der Waals surface area contributed by atoms with Crippen LogP contribution in [0, 0.1) is 0 Å². The molecule has 0 aromatic heterocycles. The van der Waals surface area contributed by atoms with Gasteiger partial charge in [-0.15, -0.1) is 0 Å². The Balaban J connectivity index is -0.000000605. The zero-order valence-corrected chi connectivity index (χ0v) is 10.2. The molecule has 0 aliphatic carbocycles. The second kappa shape index (κ2) is 9.71. The van der Waals surface area contributed by atoms with E-state index in [1.807, 2.05) is 6.92 Å². The van der Waals surface area contributed by atoms with Crippen molar-refractivity contribution in [1.82, 2.24) is 0 Å². The van der Waals surface area contributed by atoms with E-state index in [0.717, 1.165) is 0 Å². The minimum atomic E-state index is -0.625. The molecule has 0 fully saturated rings. The summed E-state index contributed by atoms with van der Waals surface area (Å²) in [6.07, 6.45) is 6.38. The van der Waals surface area contributed by atoms with Crippen molar-refractivity contribution in [1.29, 1.82) is 0 Å². The number of carbonyl (C=O) groups excluding carboxylic acids is 2. The molecule has 0 saturated heterocycles. The van der Waals surface area contributed by atoms with E-state index in [1.54, 1.807) is 19.1 Å². The Morgan fingerprint density at radius 3 is 2.46 bits per heavy atom. The molecule has 0 amide bonds. The fourth-order valence-electron chi connectivity index (χ4n) is 0.464. The van der Waals surface area contributed by atoms with Gasteiger partial charge in [0.05, 0.1) is 0 Å². The maximum absolute atomic E-state index is 10.7. The van der Waals surface area contributed by atoms with Crippen LogP contribution >= 0.6 is 0 Å². The van der Waals surface area contributed by atoms with Gasteiger partial charge in [-0.2, -0.15) is 0 Å². The quantitative estimate of drug-likeness (QED) is 0.184.